The van der Waals surface area contributed by atoms with Crippen LogP contribution >= 0.6 is 0 Å². The Labute approximate surface area is 165 Å². The first-order chi connectivity index (χ1) is 13.8. The van der Waals surface area contributed by atoms with Gasteiger partial charge in [-0.3, -0.25) is 4.90 Å². The highest BCUT2D eigenvalue weighted by molar-refractivity contribution is 5.73. The number of carbonyl (C=O) groups excluding carboxylic acids is 1. The van der Waals surface area contributed by atoms with Crippen LogP contribution in [0, 0.1) is 0 Å². The van der Waals surface area contributed by atoms with Crippen molar-refractivity contribution >= 4 is 6.03 Å². The predicted octanol–water partition coefficient (Wildman–Crippen LogP) is 3.40. The van der Waals surface area contributed by atoms with Crippen LogP contribution in [0.5, 0.6) is 11.5 Å². The van der Waals surface area contributed by atoms with Crippen LogP contribution in [0.15, 0.2) is 42.5 Å². The number of hydrogen-bond donors (Lipinski definition) is 2. The van der Waals surface area contributed by atoms with E-state index in [4.69, 9.17) is 9.47 Å². The molecule has 0 saturated carbocycles. The van der Waals surface area contributed by atoms with Gasteiger partial charge in [-0.2, -0.15) is 0 Å². The molecule has 0 radical (unpaired) electrons. The van der Waals surface area contributed by atoms with Crippen molar-refractivity contribution in [1.82, 2.24) is 15.5 Å². The van der Waals surface area contributed by atoms with Crippen molar-refractivity contribution in [2.24, 2.45) is 0 Å². The number of fused-ring (bicyclic) bond motifs is 1. The highest BCUT2D eigenvalue weighted by atomic mass is 16.7. The van der Waals surface area contributed by atoms with Crippen LogP contribution in [0.25, 0.3) is 0 Å². The summed E-state index contributed by atoms with van der Waals surface area (Å²) in [5.41, 5.74) is 3.44. The van der Waals surface area contributed by atoms with Crippen molar-refractivity contribution in [3.05, 3.63) is 59.2 Å². The van der Waals surface area contributed by atoms with E-state index >= 15 is 0 Å². The Morgan fingerprint density at radius 1 is 0.893 bits per heavy atom. The van der Waals surface area contributed by atoms with Crippen molar-refractivity contribution < 1.29 is 14.3 Å². The van der Waals surface area contributed by atoms with Crippen molar-refractivity contribution in [1.29, 1.82) is 0 Å². The number of amides is 2. The van der Waals surface area contributed by atoms with Crippen molar-refractivity contribution in [3.63, 3.8) is 0 Å². The van der Waals surface area contributed by atoms with Crippen LogP contribution < -0.4 is 20.1 Å². The second kappa shape index (κ2) is 8.97. The minimum atomic E-state index is -0.176. The lowest BCUT2D eigenvalue weighted by molar-refractivity contribution is 0.174. The quantitative estimate of drug-likeness (QED) is 0.805. The summed E-state index contributed by atoms with van der Waals surface area (Å²) >= 11 is 0. The summed E-state index contributed by atoms with van der Waals surface area (Å²) in [6.07, 6.45) is 3.90. The van der Waals surface area contributed by atoms with Crippen LogP contribution in [-0.2, 0) is 19.6 Å². The highest BCUT2D eigenvalue weighted by Crippen LogP contribution is 2.32. The summed E-state index contributed by atoms with van der Waals surface area (Å²) in [4.78, 5) is 14.7. The van der Waals surface area contributed by atoms with E-state index < -0.39 is 0 Å². The Bertz CT molecular complexity index is 818. The number of nitrogens with zero attached hydrogens (tertiary/aromatic N) is 1. The Kier molecular flexibility index (Phi) is 5.97. The van der Waals surface area contributed by atoms with Gasteiger partial charge in [0.25, 0.3) is 0 Å². The van der Waals surface area contributed by atoms with E-state index in [-0.39, 0.29) is 12.8 Å². The molecular formula is C22H27N3O3. The molecule has 2 N–H and O–H groups in total. The molecule has 6 heteroatoms. The maximum absolute atomic E-state index is 12.2. The van der Waals surface area contributed by atoms with Crippen LogP contribution in [-0.4, -0.2) is 30.8 Å². The molecule has 4 rings (SSSR count). The number of nitrogens with one attached hydrogen (secondary N) is 2. The molecule has 6 nitrogen and oxygen atoms in total. The number of carbonyl (C=O) groups is 1. The molecule has 0 spiro atoms. The summed E-state index contributed by atoms with van der Waals surface area (Å²) in [7, 11) is 0. The molecule has 2 aromatic rings. The topological polar surface area (TPSA) is 62.8 Å². The molecule has 1 saturated heterocycles. The first-order valence-electron chi connectivity index (χ1n) is 9.97. The number of ether oxygens (including phenoxy) is 2. The summed E-state index contributed by atoms with van der Waals surface area (Å²) in [6.45, 7) is 4.50. The fraction of sp³-hybridized carbons (Fsp3) is 0.409. The monoisotopic (exact) mass is 381 g/mol. The van der Waals surface area contributed by atoms with Gasteiger partial charge in [0, 0.05) is 19.6 Å². The van der Waals surface area contributed by atoms with E-state index in [1.54, 1.807) is 0 Å². The van der Waals surface area contributed by atoms with Gasteiger partial charge >= 0.3 is 6.03 Å². The molecule has 2 heterocycles. The predicted molar refractivity (Wildman–Crippen MR) is 107 cm³/mol. The molecule has 2 aliphatic rings. The standard InChI is InChI=1S/C22H27N3O3/c26-22(23-13-17-8-9-20-21(12-17)28-16-27-20)24-14-18-6-2-3-7-19(18)15-25-10-4-1-5-11-25/h2-3,6-9,12H,1,4-5,10-11,13-16H2,(H2,23,24,26). The van der Waals surface area contributed by atoms with E-state index in [9.17, 15) is 4.79 Å². The molecule has 0 unspecified atom stereocenters. The zero-order valence-electron chi connectivity index (χ0n) is 16.1. The largest absolute Gasteiger partial charge is 0.454 e. The van der Waals surface area contributed by atoms with Crippen LogP contribution in [0.3, 0.4) is 0 Å². The second-order valence-corrected chi connectivity index (χ2v) is 7.33. The molecule has 28 heavy (non-hydrogen) atoms. The maximum Gasteiger partial charge on any atom is 0.315 e. The zero-order valence-corrected chi connectivity index (χ0v) is 16.1. The fourth-order valence-corrected chi connectivity index (χ4v) is 3.71. The molecule has 148 valence electrons. The van der Waals surface area contributed by atoms with Gasteiger partial charge in [-0.05, 0) is 54.8 Å². The van der Waals surface area contributed by atoms with Crippen LogP contribution in [0.1, 0.15) is 36.0 Å². The van der Waals surface area contributed by atoms with E-state index in [0.29, 0.717) is 13.1 Å². The summed E-state index contributed by atoms with van der Waals surface area (Å²) < 4.78 is 10.7. The molecule has 0 atom stereocenters. The SMILES string of the molecule is O=C(NCc1ccc2c(c1)OCO2)NCc1ccccc1CN1CCCCC1. The van der Waals surface area contributed by atoms with Gasteiger partial charge in [-0.15, -0.1) is 0 Å². The van der Waals surface area contributed by atoms with E-state index in [1.165, 1.54) is 30.4 Å². The summed E-state index contributed by atoms with van der Waals surface area (Å²) in [6, 6.07) is 13.9. The molecule has 2 amide bonds. The second-order valence-electron chi connectivity index (χ2n) is 7.33. The van der Waals surface area contributed by atoms with Gasteiger partial charge in [-0.1, -0.05) is 36.8 Å². The normalized spacial score (nSPS) is 16.0. The zero-order chi connectivity index (χ0) is 19.2. The van der Waals surface area contributed by atoms with E-state index in [1.807, 2.05) is 24.3 Å². The Hall–Kier alpha value is -2.73. The molecule has 0 aromatic heterocycles. The number of rotatable bonds is 6. The first kappa shape index (κ1) is 18.6. The minimum Gasteiger partial charge on any atom is -0.454 e. The molecule has 0 bridgehead atoms. The number of piperidine rings is 1. The Balaban J connectivity index is 1.27. The van der Waals surface area contributed by atoms with E-state index in [0.717, 1.165) is 36.7 Å². The Morgan fingerprint density at radius 3 is 2.50 bits per heavy atom. The average Bonchev–Trinajstić information content (AvgIpc) is 3.20. The van der Waals surface area contributed by atoms with Gasteiger partial charge in [-0.25, -0.2) is 4.79 Å². The average molecular weight is 381 g/mol. The smallest absolute Gasteiger partial charge is 0.315 e. The molecule has 0 aliphatic carbocycles. The van der Waals surface area contributed by atoms with Gasteiger partial charge in [0.05, 0.1) is 0 Å². The van der Waals surface area contributed by atoms with Crippen molar-refractivity contribution in [3.8, 4) is 11.5 Å². The minimum absolute atomic E-state index is 0.176. The van der Waals surface area contributed by atoms with Crippen molar-refractivity contribution in [2.75, 3.05) is 19.9 Å². The molecule has 2 aliphatic heterocycles. The summed E-state index contributed by atoms with van der Waals surface area (Å²) in [5.74, 6) is 1.48. The van der Waals surface area contributed by atoms with Gasteiger partial charge in [0.2, 0.25) is 6.79 Å². The number of benzene rings is 2. The summed E-state index contributed by atoms with van der Waals surface area (Å²) in [5, 5.41) is 5.88. The third-order valence-electron chi connectivity index (χ3n) is 5.29. The number of likely N-dealkylation sites (tertiary alicyclic amines) is 1. The lowest BCUT2D eigenvalue weighted by Gasteiger charge is -2.27. The fourth-order valence-electron chi connectivity index (χ4n) is 3.71. The van der Waals surface area contributed by atoms with Gasteiger partial charge < -0.3 is 20.1 Å². The molecular weight excluding hydrogens is 354 g/mol. The molecule has 2 aromatic carbocycles. The van der Waals surface area contributed by atoms with Gasteiger partial charge in [0.15, 0.2) is 11.5 Å². The van der Waals surface area contributed by atoms with Crippen molar-refractivity contribution in [2.45, 2.75) is 38.9 Å². The lowest BCUT2D eigenvalue weighted by atomic mass is 10.0. The highest BCUT2D eigenvalue weighted by Gasteiger charge is 2.14. The number of hydrogen-bond acceptors (Lipinski definition) is 4. The lowest BCUT2D eigenvalue weighted by Crippen LogP contribution is -2.35. The van der Waals surface area contributed by atoms with Crippen LogP contribution in [0.2, 0.25) is 0 Å². The van der Waals surface area contributed by atoms with Crippen LogP contribution in [0.4, 0.5) is 4.79 Å². The first-order valence-corrected chi connectivity index (χ1v) is 9.97. The van der Waals surface area contributed by atoms with Gasteiger partial charge in [0.1, 0.15) is 0 Å². The number of urea groups is 1. The molecule has 1 fully saturated rings. The Morgan fingerprint density at radius 2 is 1.64 bits per heavy atom. The maximum atomic E-state index is 12.2. The van der Waals surface area contributed by atoms with E-state index in [2.05, 4.69) is 33.7 Å². The third kappa shape index (κ3) is 4.75. The third-order valence-corrected chi connectivity index (χ3v) is 5.29.